The number of hydrogen-bond donors (Lipinski definition) is 5. The van der Waals surface area contributed by atoms with Crippen molar-refractivity contribution in [2.45, 2.75) is 104 Å². The lowest BCUT2D eigenvalue weighted by Crippen LogP contribution is -2.58. The van der Waals surface area contributed by atoms with Crippen molar-refractivity contribution in [3.8, 4) is 16.3 Å². The number of ether oxygens (including phenoxy) is 1. The molecule has 0 bridgehead atoms. The second-order valence-corrected chi connectivity index (χ2v) is 21.8. The molecule has 75 heavy (non-hydrogen) atoms. The molecule has 0 saturated carbocycles. The lowest BCUT2D eigenvalue weighted by molar-refractivity contribution is -0.144. The molecule has 6 aromatic rings. The number of aliphatic hydroxyl groups is 2. The van der Waals surface area contributed by atoms with Crippen LogP contribution in [0.1, 0.15) is 77.3 Å². The minimum atomic E-state index is -1.18. The number of anilines is 3. The lowest BCUT2D eigenvalue weighted by Gasteiger charge is -2.36. The number of unbranched alkanes of at least 4 members (excludes halogenated alkanes) is 2. The van der Waals surface area contributed by atoms with Crippen molar-refractivity contribution in [3.63, 3.8) is 0 Å². The summed E-state index contributed by atoms with van der Waals surface area (Å²) in [6, 6.07) is 19.5. The van der Waals surface area contributed by atoms with Crippen LogP contribution < -0.4 is 26.4 Å². The van der Waals surface area contributed by atoms with Gasteiger partial charge >= 0.3 is 0 Å². The van der Waals surface area contributed by atoms with Gasteiger partial charge in [-0.15, -0.1) is 17.9 Å². The molecular weight excluding hydrogens is 973 g/mol. The zero-order chi connectivity index (χ0) is 53.4. The first-order valence-electron chi connectivity index (χ1n) is 25.6. The van der Waals surface area contributed by atoms with Gasteiger partial charge in [-0.05, 0) is 99.5 Å². The van der Waals surface area contributed by atoms with Crippen LogP contribution in [-0.4, -0.2) is 138 Å². The molecule has 2 aromatic carbocycles. The number of nitrogens with zero attached hydrogens (tertiary/aromatic N) is 9. The van der Waals surface area contributed by atoms with Gasteiger partial charge in [-0.3, -0.25) is 24.1 Å². The number of hydrogen-bond acceptors (Lipinski definition) is 15. The Morgan fingerprint density at radius 2 is 1.69 bits per heavy atom. The number of aryl methyl sites for hydroxylation is 1. The minimum Gasteiger partial charge on any atom is -0.391 e. The van der Waals surface area contributed by atoms with Gasteiger partial charge in [0.1, 0.15) is 29.7 Å². The topological polar surface area (TPSA) is 225 Å². The smallest absolute Gasteiger partial charge is 0.278 e. The predicted molar refractivity (Wildman–Crippen MR) is 291 cm³/mol. The largest absolute Gasteiger partial charge is 0.391 e. The molecule has 2 aliphatic rings. The van der Waals surface area contributed by atoms with Gasteiger partial charge in [0.05, 0.1) is 34.4 Å². The average Bonchev–Trinajstić information content (AvgIpc) is 4.08. The first kappa shape index (κ1) is 54.4. The third-order valence-electron chi connectivity index (χ3n) is 13.6. The Labute approximate surface area is 441 Å². The van der Waals surface area contributed by atoms with E-state index in [-0.39, 0.29) is 44.1 Å². The normalized spacial score (nSPS) is 16.8. The number of aliphatic hydroxyl groups excluding tert-OH is 1. The summed E-state index contributed by atoms with van der Waals surface area (Å²) < 4.78 is 8.89. The fourth-order valence-corrected chi connectivity index (χ4v) is 10.3. The Hall–Kier alpha value is -6.84. The summed E-state index contributed by atoms with van der Waals surface area (Å²) in [5.41, 5.74) is 5.34. The summed E-state index contributed by atoms with van der Waals surface area (Å²) in [5, 5.41) is 30.7. The number of amides is 3. The van der Waals surface area contributed by atoms with Crippen molar-refractivity contribution in [2.24, 2.45) is 5.41 Å². The molecule has 6 heterocycles. The van der Waals surface area contributed by atoms with Gasteiger partial charge < -0.3 is 40.7 Å². The van der Waals surface area contributed by atoms with E-state index in [9.17, 15) is 29.4 Å². The number of fused-ring (bicyclic) bond motifs is 1. The van der Waals surface area contributed by atoms with Crippen LogP contribution in [-0.2, 0) is 37.8 Å². The van der Waals surface area contributed by atoms with Crippen LogP contribution in [0.25, 0.3) is 27.3 Å². The molecule has 0 aliphatic carbocycles. The predicted octanol–water partition coefficient (Wildman–Crippen LogP) is 5.68. The Balaban J connectivity index is 0.741. The molecule has 0 radical (unpaired) electrons. The zero-order valence-corrected chi connectivity index (χ0v) is 44.6. The van der Waals surface area contributed by atoms with Gasteiger partial charge in [-0.25, -0.2) is 24.3 Å². The molecule has 8 rings (SSSR count). The number of carbonyl (C=O) groups is 3. The molecule has 0 unspecified atom stereocenters. The highest BCUT2D eigenvalue weighted by Crippen LogP contribution is 2.29. The van der Waals surface area contributed by atoms with Gasteiger partial charge in [0, 0.05) is 69.9 Å². The van der Waals surface area contributed by atoms with E-state index in [1.807, 2.05) is 69.6 Å². The van der Waals surface area contributed by atoms with Crippen LogP contribution in [0.2, 0.25) is 0 Å². The zero-order valence-electron chi connectivity index (χ0n) is 43.8. The first-order valence-corrected chi connectivity index (χ1v) is 26.5. The number of β-amino-alcohol motifs (C(OH)–C–C–N with tert-alkyl or cyclic N) is 1. The van der Waals surface area contributed by atoms with E-state index in [0.29, 0.717) is 35.1 Å². The van der Waals surface area contributed by atoms with E-state index in [4.69, 9.17) is 9.72 Å². The fourth-order valence-electron chi connectivity index (χ4n) is 9.47. The van der Waals surface area contributed by atoms with Crippen LogP contribution in [0.4, 0.5) is 17.3 Å². The molecule has 3 atom stereocenters. The summed E-state index contributed by atoms with van der Waals surface area (Å²) in [6.45, 7) is 20.0. The van der Waals surface area contributed by atoms with Crippen molar-refractivity contribution in [1.29, 1.82) is 0 Å². The lowest BCUT2D eigenvalue weighted by atomic mass is 9.85. The number of nitrogens with one attached hydrogen (secondary N) is 3. The fraction of sp³-hybridized carbons (Fsp3) is 0.455. The Kier molecular flexibility index (Phi) is 17.3. The molecule has 2 aliphatic heterocycles. The van der Waals surface area contributed by atoms with E-state index >= 15 is 0 Å². The van der Waals surface area contributed by atoms with E-state index in [1.54, 1.807) is 54.1 Å². The summed E-state index contributed by atoms with van der Waals surface area (Å²) in [5.74, 6) is -0.431. The van der Waals surface area contributed by atoms with Crippen LogP contribution in [0.15, 0.2) is 95.9 Å². The molecule has 3 amide bonds. The number of carbonyl (C=O) groups excluding carboxylic acids is 3. The van der Waals surface area contributed by atoms with Crippen molar-refractivity contribution in [3.05, 3.63) is 118 Å². The summed E-state index contributed by atoms with van der Waals surface area (Å²) in [7, 11) is 0. The van der Waals surface area contributed by atoms with Crippen molar-refractivity contribution < 1.29 is 29.3 Å². The van der Waals surface area contributed by atoms with Crippen molar-refractivity contribution in [1.82, 2.24) is 49.7 Å². The quantitative estimate of drug-likeness (QED) is 0.0432. The molecular formula is C55H70N12O7S. The monoisotopic (exact) mass is 1040 g/mol. The first-order chi connectivity index (χ1) is 35.9. The number of pyridine rings is 1. The van der Waals surface area contributed by atoms with Gasteiger partial charge in [-0.1, -0.05) is 57.2 Å². The Morgan fingerprint density at radius 3 is 2.37 bits per heavy atom. The highest BCUT2D eigenvalue weighted by atomic mass is 32.1. The maximum absolute atomic E-state index is 14.0. The van der Waals surface area contributed by atoms with Gasteiger partial charge in [0.2, 0.25) is 23.7 Å². The second kappa shape index (κ2) is 23.8. The van der Waals surface area contributed by atoms with E-state index in [0.717, 1.165) is 85.1 Å². The third-order valence-corrected chi connectivity index (χ3v) is 14.6. The number of rotatable bonds is 21. The molecule has 2 fully saturated rings. The molecule has 4 aromatic heterocycles. The van der Waals surface area contributed by atoms with Crippen LogP contribution in [0.3, 0.4) is 0 Å². The van der Waals surface area contributed by atoms with E-state index < -0.39 is 41.0 Å². The maximum Gasteiger partial charge on any atom is 0.278 e. The van der Waals surface area contributed by atoms with E-state index in [2.05, 4.69) is 59.4 Å². The van der Waals surface area contributed by atoms with Crippen molar-refractivity contribution in [2.75, 3.05) is 62.7 Å². The number of benzene rings is 2. The highest BCUT2D eigenvalue weighted by Gasteiger charge is 2.44. The second-order valence-electron chi connectivity index (χ2n) is 20.9. The molecule has 0 spiro atoms. The summed E-state index contributed by atoms with van der Waals surface area (Å²) >= 11 is 1.58. The van der Waals surface area contributed by atoms with Crippen LogP contribution in [0.5, 0.6) is 0 Å². The minimum absolute atomic E-state index is 0.000594. The summed E-state index contributed by atoms with van der Waals surface area (Å²) in [6.07, 6.45) is 5.13. The van der Waals surface area contributed by atoms with Crippen molar-refractivity contribution >= 4 is 57.4 Å². The highest BCUT2D eigenvalue weighted by molar-refractivity contribution is 7.13. The SMILES string of the molecule is C=CCn1c(=O)c2cnc(Nc3ccc(N4CCN(CCCCCOCC(=O)N[C@H](C(=O)N5C[C@H](O)C[C@H]5C(=O)NCc5ccc(-c6scnc6C)cc5)C(C)(C)C)CC4)cc3)nc2n1-c1cccc(C(C)(C)O)n1. The van der Waals surface area contributed by atoms with Crippen LogP contribution in [0, 0.1) is 12.3 Å². The van der Waals surface area contributed by atoms with E-state index in [1.165, 1.54) is 15.8 Å². The van der Waals surface area contributed by atoms with Crippen LogP contribution >= 0.6 is 11.3 Å². The average molecular weight is 1040 g/mol. The van der Waals surface area contributed by atoms with Gasteiger partial charge in [0.15, 0.2) is 11.5 Å². The van der Waals surface area contributed by atoms with Gasteiger partial charge in [0.25, 0.3) is 5.56 Å². The van der Waals surface area contributed by atoms with Gasteiger partial charge in [-0.2, -0.15) is 4.98 Å². The standard InChI is InChI=1S/C55H70N12O7S/c1-8-23-66-51(71)42-32-57-53(62-49(42)67(66)45-14-12-13-44(60-45)55(6,7)73)59-39-19-21-40(22-20-39)64-27-25-63(26-28-64)24-10-9-11-29-74-34-46(69)61-48(54(3,4)5)52(72)65-33-41(68)30-43(65)50(70)56-31-37-15-17-38(18-16-37)47-36(2)58-35-75-47/h8,12-22,32,35,41,43,48,68,73H,1,9-11,23-31,33-34H2,2-7H3,(H,56,70)(H,61,69)(H,57,59,62)/t41-,43+,48-/m1/s1. The third kappa shape index (κ3) is 13.3. The number of aromatic nitrogens is 6. The number of thiazole rings is 1. The molecule has 19 nitrogen and oxygen atoms in total. The molecule has 2 saturated heterocycles. The number of allylic oxidation sites excluding steroid dienone is 1. The molecule has 398 valence electrons. The Morgan fingerprint density at radius 1 is 0.947 bits per heavy atom. The molecule has 20 heteroatoms. The Bertz CT molecular complexity index is 3010. The maximum atomic E-state index is 14.0. The summed E-state index contributed by atoms with van der Waals surface area (Å²) in [4.78, 5) is 79.6. The number of piperazine rings is 1. The number of likely N-dealkylation sites (tertiary alicyclic amines) is 1. The molecule has 5 N–H and O–H groups in total.